The number of aliphatic carboxylic acids is 2. The minimum Gasteiger partial charge on any atom is -0.481 e. The van der Waals surface area contributed by atoms with Crippen molar-refractivity contribution < 1.29 is 19.8 Å². The summed E-state index contributed by atoms with van der Waals surface area (Å²) in [4.78, 5) is 20.6. The standard InChI is InChI=1S/C8H10O4/c1-2-3-4-6(8(11)12)5-7(9)10/h6H,4-5H2,1H3,(H,9,10)(H,11,12). The van der Waals surface area contributed by atoms with Gasteiger partial charge in [-0.2, -0.15) is 0 Å². The monoisotopic (exact) mass is 170 g/mol. The molecule has 0 aromatic carbocycles. The van der Waals surface area contributed by atoms with Crippen LogP contribution in [-0.4, -0.2) is 22.2 Å². The summed E-state index contributed by atoms with van der Waals surface area (Å²) in [6, 6.07) is 0. The highest BCUT2D eigenvalue weighted by Gasteiger charge is 2.19. The van der Waals surface area contributed by atoms with Crippen LogP contribution in [0.1, 0.15) is 19.8 Å². The van der Waals surface area contributed by atoms with Gasteiger partial charge in [0.25, 0.3) is 0 Å². The minimum atomic E-state index is -1.11. The van der Waals surface area contributed by atoms with E-state index < -0.39 is 17.9 Å². The first-order valence-corrected chi connectivity index (χ1v) is 3.42. The van der Waals surface area contributed by atoms with Gasteiger partial charge in [-0.05, 0) is 6.92 Å². The molecule has 0 aromatic heterocycles. The second-order valence-corrected chi connectivity index (χ2v) is 2.26. The molecule has 0 fully saturated rings. The summed E-state index contributed by atoms with van der Waals surface area (Å²) in [5.41, 5.74) is 0. The first-order valence-electron chi connectivity index (χ1n) is 3.42. The molecule has 66 valence electrons. The van der Waals surface area contributed by atoms with Gasteiger partial charge in [-0.1, -0.05) is 0 Å². The smallest absolute Gasteiger partial charge is 0.308 e. The molecular weight excluding hydrogens is 160 g/mol. The second-order valence-electron chi connectivity index (χ2n) is 2.26. The Kier molecular flexibility index (Phi) is 4.54. The largest absolute Gasteiger partial charge is 0.481 e. The van der Waals surface area contributed by atoms with E-state index in [0.29, 0.717) is 0 Å². The van der Waals surface area contributed by atoms with Crippen LogP contribution in [0.4, 0.5) is 0 Å². The van der Waals surface area contributed by atoms with Crippen LogP contribution >= 0.6 is 0 Å². The third-order valence-corrected chi connectivity index (χ3v) is 1.30. The fourth-order valence-electron chi connectivity index (χ4n) is 0.683. The Morgan fingerprint density at radius 3 is 2.33 bits per heavy atom. The van der Waals surface area contributed by atoms with Gasteiger partial charge in [0.2, 0.25) is 0 Å². The van der Waals surface area contributed by atoms with Crippen molar-refractivity contribution in [2.24, 2.45) is 5.92 Å². The molecule has 0 aliphatic carbocycles. The molecule has 0 aliphatic heterocycles. The molecule has 4 nitrogen and oxygen atoms in total. The zero-order chi connectivity index (χ0) is 9.56. The summed E-state index contributed by atoms with van der Waals surface area (Å²) >= 11 is 0. The van der Waals surface area contributed by atoms with Crippen LogP contribution in [0.25, 0.3) is 0 Å². The van der Waals surface area contributed by atoms with E-state index in [9.17, 15) is 9.59 Å². The summed E-state index contributed by atoms with van der Waals surface area (Å²) in [6.07, 6.45) is -0.276. The van der Waals surface area contributed by atoms with E-state index >= 15 is 0 Å². The molecule has 0 heterocycles. The molecule has 0 bridgehead atoms. The fourth-order valence-corrected chi connectivity index (χ4v) is 0.683. The van der Waals surface area contributed by atoms with Gasteiger partial charge in [0.1, 0.15) is 0 Å². The molecule has 12 heavy (non-hydrogen) atoms. The SMILES string of the molecule is CC#CCC(CC(=O)O)C(=O)O. The highest BCUT2D eigenvalue weighted by molar-refractivity contribution is 5.77. The third-order valence-electron chi connectivity index (χ3n) is 1.30. The highest BCUT2D eigenvalue weighted by Crippen LogP contribution is 2.07. The van der Waals surface area contributed by atoms with Crippen LogP contribution in [0, 0.1) is 17.8 Å². The molecular formula is C8H10O4. The molecule has 0 aliphatic rings. The predicted octanol–water partition coefficient (Wildman–Crippen LogP) is 0.575. The lowest BCUT2D eigenvalue weighted by atomic mass is 10.0. The van der Waals surface area contributed by atoms with Crippen molar-refractivity contribution in [3.8, 4) is 11.8 Å². The van der Waals surface area contributed by atoms with E-state index in [0.717, 1.165) is 0 Å². The first kappa shape index (κ1) is 10.5. The van der Waals surface area contributed by atoms with Crippen LogP contribution in [-0.2, 0) is 9.59 Å². The van der Waals surface area contributed by atoms with E-state index in [1.165, 1.54) is 0 Å². The van der Waals surface area contributed by atoms with Gasteiger partial charge in [-0.3, -0.25) is 9.59 Å². The van der Waals surface area contributed by atoms with Gasteiger partial charge in [-0.25, -0.2) is 0 Å². The molecule has 0 saturated heterocycles. The van der Waals surface area contributed by atoms with Crippen LogP contribution in [0.15, 0.2) is 0 Å². The Balaban J connectivity index is 4.10. The summed E-state index contributed by atoms with van der Waals surface area (Å²) in [5.74, 6) is 1.95. The molecule has 1 unspecified atom stereocenters. The van der Waals surface area contributed by atoms with Crippen molar-refractivity contribution in [1.82, 2.24) is 0 Å². The number of rotatable bonds is 4. The van der Waals surface area contributed by atoms with Gasteiger partial charge < -0.3 is 10.2 Å². The second kappa shape index (κ2) is 5.19. The van der Waals surface area contributed by atoms with Crippen molar-refractivity contribution in [1.29, 1.82) is 0 Å². The Hall–Kier alpha value is -1.50. The van der Waals surface area contributed by atoms with Crippen molar-refractivity contribution >= 4 is 11.9 Å². The molecule has 0 amide bonds. The quantitative estimate of drug-likeness (QED) is 0.605. The lowest BCUT2D eigenvalue weighted by Crippen LogP contribution is -2.17. The maximum atomic E-state index is 10.4. The topological polar surface area (TPSA) is 74.6 Å². The molecule has 1 atom stereocenters. The van der Waals surface area contributed by atoms with Crippen LogP contribution in [0.2, 0.25) is 0 Å². The normalized spacial score (nSPS) is 11.1. The van der Waals surface area contributed by atoms with E-state index in [2.05, 4.69) is 11.8 Å². The summed E-state index contributed by atoms with van der Waals surface area (Å²) in [7, 11) is 0. The van der Waals surface area contributed by atoms with E-state index in [-0.39, 0.29) is 12.8 Å². The average molecular weight is 170 g/mol. The van der Waals surface area contributed by atoms with Gasteiger partial charge >= 0.3 is 11.9 Å². The maximum Gasteiger partial charge on any atom is 0.308 e. The van der Waals surface area contributed by atoms with Crippen molar-refractivity contribution in [3.63, 3.8) is 0 Å². The number of carbonyl (C=O) groups is 2. The summed E-state index contributed by atoms with van der Waals surface area (Å²) in [6.45, 7) is 1.58. The third kappa shape index (κ3) is 4.34. The van der Waals surface area contributed by atoms with Gasteiger partial charge in [-0.15, -0.1) is 11.8 Å². The van der Waals surface area contributed by atoms with E-state index in [1.54, 1.807) is 6.92 Å². The minimum absolute atomic E-state index is 0.0954. The van der Waals surface area contributed by atoms with Gasteiger partial charge in [0.05, 0.1) is 12.3 Å². The lowest BCUT2D eigenvalue weighted by molar-refractivity contribution is -0.148. The molecule has 0 aromatic rings. The van der Waals surface area contributed by atoms with Crippen molar-refractivity contribution in [2.45, 2.75) is 19.8 Å². The van der Waals surface area contributed by atoms with Gasteiger partial charge in [0, 0.05) is 6.42 Å². The molecule has 0 radical (unpaired) electrons. The Bertz CT molecular complexity index is 233. The zero-order valence-electron chi connectivity index (χ0n) is 6.70. The van der Waals surface area contributed by atoms with Gasteiger partial charge in [0.15, 0.2) is 0 Å². The molecule has 2 N–H and O–H groups in total. The maximum absolute atomic E-state index is 10.4. The average Bonchev–Trinajstić information content (AvgIpc) is 1.96. The predicted molar refractivity (Wildman–Crippen MR) is 41.4 cm³/mol. The van der Waals surface area contributed by atoms with E-state index in [4.69, 9.17) is 10.2 Å². The molecule has 0 rings (SSSR count). The Morgan fingerprint density at radius 2 is 2.00 bits per heavy atom. The van der Waals surface area contributed by atoms with Crippen LogP contribution in [0.3, 0.4) is 0 Å². The summed E-state index contributed by atoms with van der Waals surface area (Å²) in [5, 5.41) is 16.8. The summed E-state index contributed by atoms with van der Waals surface area (Å²) < 4.78 is 0. The number of carboxylic acid groups (broad SMARTS) is 2. The fraction of sp³-hybridized carbons (Fsp3) is 0.500. The number of carboxylic acids is 2. The Morgan fingerprint density at radius 1 is 1.42 bits per heavy atom. The van der Waals surface area contributed by atoms with E-state index in [1.807, 2.05) is 0 Å². The number of hydrogen-bond acceptors (Lipinski definition) is 2. The first-order chi connectivity index (χ1) is 5.57. The molecule has 0 spiro atoms. The molecule has 0 saturated carbocycles. The lowest BCUT2D eigenvalue weighted by Gasteiger charge is -2.03. The molecule has 4 heteroatoms. The van der Waals surface area contributed by atoms with Crippen LogP contribution in [0.5, 0.6) is 0 Å². The van der Waals surface area contributed by atoms with Crippen molar-refractivity contribution in [3.05, 3.63) is 0 Å². The number of hydrogen-bond donors (Lipinski definition) is 2. The van der Waals surface area contributed by atoms with Crippen molar-refractivity contribution in [2.75, 3.05) is 0 Å². The highest BCUT2D eigenvalue weighted by atomic mass is 16.4. The Labute approximate surface area is 70.2 Å². The van der Waals surface area contributed by atoms with Crippen LogP contribution < -0.4 is 0 Å². The zero-order valence-corrected chi connectivity index (χ0v) is 6.70.